The summed E-state index contributed by atoms with van der Waals surface area (Å²) in [4.78, 5) is 37.4. The third-order valence-corrected chi connectivity index (χ3v) is 4.90. The van der Waals surface area contributed by atoms with Crippen LogP contribution in [0.2, 0.25) is 0 Å². The first-order chi connectivity index (χ1) is 12.3. The van der Waals surface area contributed by atoms with Gasteiger partial charge in [-0.1, -0.05) is 13.8 Å². The Labute approximate surface area is 157 Å². The normalized spacial score (nSPS) is 15.9. The van der Waals surface area contributed by atoms with Crippen LogP contribution < -0.4 is 4.74 Å². The molecule has 0 bridgehead atoms. The molecule has 0 N–H and O–H groups in total. The van der Waals surface area contributed by atoms with E-state index in [1.807, 2.05) is 19.1 Å². The zero-order valence-electron chi connectivity index (χ0n) is 15.6. The zero-order valence-corrected chi connectivity index (χ0v) is 16.4. The highest BCUT2D eigenvalue weighted by Crippen LogP contribution is 2.35. The number of thioether (sulfide) groups is 1. The number of carbonyl (C=O) groups is 3. The molecule has 6 nitrogen and oxygen atoms in total. The number of benzene rings is 1. The summed E-state index contributed by atoms with van der Waals surface area (Å²) in [7, 11) is 1.63. The molecule has 0 radical (unpaired) electrons. The summed E-state index contributed by atoms with van der Waals surface area (Å²) in [5, 5.41) is -0.468. The van der Waals surface area contributed by atoms with E-state index >= 15 is 0 Å². The molecule has 1 fully saturated rings. The van der Waals surface area contributed by atoms with Crippen LogP contribution in [0.1, 0.15) is 43.4 Å². The lowest BCUT2D eigenvalue weighted by atomic mass is 9.96. The van der Waals surface area contributed by atoms with E-state index in [9.17, 15) is 14.4 Å². The lowest BCUT2D eigenvalue weighted by Crippen LogP contribution is -2.34. The number of carbonyl (C=O) groups excluding carboxylic acids is 3. The molecule has 2 amide bonds. The van der Waals surface area contributed by atoms with Gasteiger partial charge in [0.2, 0.25) is 0 Å². The number of imide groups is 1. The highest BCUT2D eigenvalue weighted by molar-refractivity contribution is 8.18. The molecule has 0 aliphatic carbocycles. The fourth-order valence-corrected chi connectivity index (χ4v) is 3.44. The molecule has 140 valence electrons. The van der Waals surface area contributed by atoms with Crippen molar-refractivity contribution in [3.05, 3.63) is 33.7 Å². The highest BCUT2D eigenvalue weighted by Gasteiger charge is 2.36. The molecule has 1 aliphatic rings. The van der Waals surface area contributed by atoms with Gasteiger partial charge in [0.05, 0.1) is 18.6 Å². The third kappa shape index (κ3) is 4.27. The number of aryl methyl sites for hydroxylation is 1. The predicted molar refractivity (Wildman–Crippen MR) is 101 cm³/mol. The molecule has 1 aliphatic heterocycles. The molecular formula is C19H23NO5S. The number of rotatable bonds is 6. The summed E-state index contributed by atoms with van der Waals surface area (Å²) in [5.74, 6) is -0.0326. The Kier molecular flexibility index (Phi) is 6.47. The van der Waals surface area contributed by atoms with E-state index in [-0.39, 0.29) is 19.1 Å². The van der Waals surface area contributed by atoms with Gasteiger partial charge in [-0.25, -0.2) is 0 Å². The standard InChI is InChI=1S/C19H23NO5S/c1-6-25-17(21)10-20-18(22)16(26-19(20)23)9-13-8-14(11(2)3)15(24-5)7-12(13)4/h7-9,11H,6,10H2,1-5H3. The molecule has 26 heavy (non-hydrogen) atoms. The quantitative estimate of drug-likeness (QED) is 0.556. The molecule has 1 saturated heterocycles. The number of methoxy groups -OCH3 is 1. The van der Waals surface area contributed by atoms with Crippen LogP contribution in [-0.4, -0.2) is 42.3 Å². The molecule has 0 aromatic heterocycles. The van der Waals surface area contributed by atoms with E-state index in [4.69, 9.17) is 9.47 Å². The van der Waals surface area contributed by atoms with Crippen LogP contribution in [0.15, 0.2) is 17.0 Å². The minimum absolute atomic E-state index is 0.202. The summed E-state index contributed by atoms with van der Waals surface area (Å²) in [6.07, 6.45) is 1.69. The molecule has 0 saturated carbocycles. The van der Waals surface area contributed by atoms with Gasteiger partial charge in [0, 0.05) is 0 Å². The minimum Gasteiger partial charge on any atom is -0.496 e. The van der Waals surface area contributed by atoms with Crippen LogP contribution >= 0.6 is 11.8 Å². The van der Waals surface area contributed by atoms with Gasteiger partial charge < -0.3 is 9.47 Å². The van der Waals surface area contributed by atoms with E-state index in [2.05, 4.69) is 13.8 Å². The second-order valence-corrected chi connectivity index (χ2v) is 7.17. The monoisotopic (exact) mass is 377 g/mol. The predicted octanol–water partition coefficient (Wildman–Crippen LogP) is 3.73. The summed E-state index contributed by atoms with van der Waals surface area (Å²) in [6.45, 7) is 7.54. The molecule has 1 heterocycles. The van der Waals surface area contributed by atoms with Gasteiger partial charge in [-0.05, 0) is 66.4 Å². The maximum Gasteiger partial charge on any atom is 0.326 e. The van der Waals surface area contributed by atoms with Crippen molar-refractivity contribution in [1.29, 1.82) is 0 Å². The minimum atomic E-state index is -0.598. The second-order valence-electron chi connectivity index (χ2n) is 6.18. The van der Waals surface area contributed by atoms with Crippen molar-refractivity contribution in [3.63, 3.8) is 0 Å². The van der Waals surface area contributed by atoms with Crippen molar-refractivity contribution in [2.75, 3.05) is 20.3 Å². The van der Waals surface area contributed by atoms with Crippen LogP contribution in [0.4, 0.5) is 4.79 Å². The SMILES string of the molecule is CCOC(=O)CN1C(=O)SC(=Cc2cc(C(C)C)c(OC)cc2C)C1=O. The largest absolute Gasteiger partial charge is 0.496 e. The van der Waals surface area contributed by atoms with Gasteiger partial charge in [-0.3, -0.25) is 19.3 Å². The average molecular weight is 377 g/mol. The molecular weight excluding hydrogens is 354 g/mol. The number of amides is 2. The zero-order chi connectivity index (χ0) is 19.4. The molecule has 1 aromatic carbocycles. The van der Waals surface area contributed by atoms with Crippen LogP contribution in [0.5, 0.6) is 5.75 Å². The van der Waals surface area contributed by atoms with Crippen molar-refractivity contribution in [2.24, 2.45) is 0 Å². The average Bonchev–Trinajstić information content (AvgIpc) is 2.83. The molecule has 1 aromatic rings. The Balaban J connectivity index is 2.33. The first-order valence-corrected chi connectivity index (χ1v) is 9.19. The van der Waals surface area contributed by atoms with Crippen molar-refractivity contribution in [1.82, 2.24) is 4.90 Å². The smallest absolute Gasteiger partial charge is 0.326 e. The maximum atomic E-state index is 12.5. The van der Waals surface area contributed by atoms with E-state index in [0.717, 1.165) is 39.1 Å². The number of nitrogens with zero attached hydrogens (tertiary/aromatic N) is 1. The van der Waals surface area contributed by atoms with Gasteiger partial charge in [0.1, 0.15) is 12.3 Å². The van der Waals surface area contributed by atoms with Crippen molar-refractivity contribution < 1.29 is 23.9 Å². The summed E-state index contributed by atoms with van der Waals surface area (Å²) >= 11 is 0.829. The van der Waals surface area contributed by atoms with Crippen LogP contribution in [0.25, 0.3) is 6.08 Å². The maximum absolute atomic E-state index is 12.5. The molecule has 7 heteroatoms. The second kappa shape index (κ2) is 8.40. The van der Waals surface area contributed by atoms with Gasteiger partial charge in [0.25, 0.3) is 11.1 Å². The van der Waals surface area contributed by atoms with E-state index in [1.165, 1.54) is 0 Å². The lowest BCUT2D eigenvalue weighted by molar-refractivity contribution is -0.145. The number of hydrogen-bond acceptors (Lipinski definition) is 6. The topological polar surface area (TPSA) is 72.9 Å². The van der Waals surface area contributed by atoms with Gasteiger partial charge >= 0.3 is 5.97 Å². The molecule has 0 unspecified atom stereocenters. The Hall–Kier alpha value is -2.28. The Morgan fingerprint density at radius 3 is 2.58 bits per heavy atom. The Morgan fingerprint density at radius 2 is 2.00 bits per heavy atom. The highest BCUT2D eigenvalue weighted by atomic mass is 32.2. The lowest BCUT2D eigenvalue weighted by Gasteiger charge is -2.15. The number of esters is 1. The van der Waals surface area contributed by atoms with Crippen molar-refractivity contribution in [2.45, 2.75) is 33.6 Å². The summed E-state index contributed by atoms with van der Waals surface area (Å²) in [6, 6.07) is 3.89. The van der Waals surface area contributed by atoms with Gasteiger partial charge in [-0.15, -0.1) is 0 Å². The fraction of sp³-hybridized carbons (Fsp3) is 0.421. The van der Waals surface area contributed by atoms with E-state index < -0.39 is 17.1 Å². The molecule has 2 rings (SSSR count). The summed E-state index contributed by atoms with van der Waals surface area (Å²) < 4.78 is 10.2. The van der Waals surface area contributed by atoms with Gasteiger partial charge in [-0.2, -0.15) is 0 Å². The number of hydrogen-bond donors (Lipinski definition) is 0. The third-order valence-electron chi connectivity index (χ3n) is 3.99. The van der Waals surface area contributed by atoms with Crippen LogP contribution in [0.3, 0.4) is 0 Å². The Bertz CT molecular complexity index is 769. The fourth-order valence-electron chi connectivity index (χ4n) is 2.61. The van der Waals surface area contributed by atoms with Crippen LogP contribution in [-0.2, 0) is 14.3 Å². The summed E-state index contributed by atoms with van der Waals surface area (Å²) in [5.41, 5.74) is 2.80. The van der Waals surface area contributed by atoms with E-state index in [0.29, 0.717) is 4.91 Å². The van der Waals surface area contributed by atoms with Crippen molar-refractivity contribution >= 4 is 35.0 Å². The number of ether oxygens (including phenoxy) is 2. The van der Waals surface area contributed by atoms with E-state index in [1.54, 1.807) is 20.1 Å². The first kappa shape index (κ1) is 20.0. The van der Waals surface area contributed by atoms with Gasteiger partial charge in [0.15, 0.2) is 0 Å². The van der Waals surface area contributed by atoms with Crippen LogP contribution in [0, 0.1) is 6.92 Å². The molecule has 0 spiro atoms. The van der Waals surface area contributed by atoms with Crippen molar-refractivity contribution in [3.8, 4) is 5.75 Å². The molecule has 0 atom stereocenters. The Morgan fingerprint density at radius 1 is 1.31 bits per heavy atom. The first-order valence-electron chi connectivity index (χ1n) is 8.38.